The summed E-state index contributed by atoms with van der Waals surface area (Å²) < 4.78 is 5.11. The Morgan fingerprint density at radius 1 is 0.941 bits per heavy atom. The van der Waals surface area contributed by atoms with Crippen LogP contribution in [0.1, 0.15) is 34.6 Å². The number of nitrogens with one attached hydrogen (secondary N) is 2. The minimum absolute atomic E-state index is 0.267. The minimum atomic E-state index is -0.448. The van der Waals surface area contributed by atoms with Crippen molar-refractivity contribution in [3.8, 4) is 11.3 Å². The molecular formula is C27H24ClN3O3. The number of anilines is 2. The van der Waals surface area contributed by atoms with Crippen LogP contribution in [0.5, 0.6) is 0 Å². The number of fused-ring (bicyclic) bond motifs is 1. The van der Waals surface area contributed by atoms with Crippen molar-refractivity contribution in [1.29, 1.82) is 0 Å². The molecule has 0 unspecified atom stereocenters. The second-order valence-electron chi connectivity index (χ2n) is 7.52. The first kappa shape index (κ1) is 23.3. The van der Waals surface area contributed by atoms with E-state index in [0.29, 0.717) is 50.7 Å². The highest BCUT2D eigenvalue weighted by atomic mass is 35.5. The van der Waals surface area contributed by atoms with Gasteiger partial charge in [-0.25, -0.2) is 9.78 Å². The molecule has 0 aliphatic rings. The molecule has 4 rings (SSSR count). The lowest BCUT2D eigenvalue weighted by molar-refractivity contribution is 0.0526. The van der Waals surface area contributed by atoms with Crippen LogP contribution in [0, 0.1) is 0 Å². The molecule has 6 nitrogen and oxygen atoms in total. The molecule has 7 heteroatoms. The zero-order valence-electron chi connectivity index (χ0n) is 18.9. The van der Waals surface area contributed by atoms with Crippen molar-refractivity contribution < 1.29 is 14.3 Å². The van der Waals surface area contributed by atoms with Gasteiger partial charge in [0.1, 0.15) is 0 Å². The molecule has 1 amide bonds. The van der Waals surface area contributed by atoms with Gasteiger partial charge in [0, 0.05) is 22.5 Å². The van der Waals surface area contributed by atoms with Crippen LogP contribution in [-0.4, -0.2) is 30.0 Å². The molecule has 1 heterocycles. The smallest absolute Gasteiger partial charge is 0.338 e. The van der Waals surface area contributed by atoms with Gasteiger partial charge < -0.3 is 15.4 Å². The van der Waals surface area contributed by atoms with Crippen molar-refractivity contribution in [1.82, 2.24) is 4.98 Å². The average Bonchev–Trinajstić information content (AvgIpc) is 2.85. The van der Waals surface area contributed by atoms with E-state index >= 15 is 0 Å². The number of hydrogen-bond acceptors (Lipinski definition) is 5. The van der Waals surface area contributed by atoms with E-state index in [1.54, 1.807) is 37.3 Å². The first-order valence-electron chi connectivity index (χ1n) is 11.0. The molecule has 0 spiro atoms. The fourth-order valence-electron chi connectivity index (χ4n) is 3.69. The summed E-state index contributed by atoms with van der Waals surface area (Å²) in [6.45, 7) is 4.62. The number of rotatable bonds is 7. The summed E-state index contributed by atoms with van der Waals surface area (Å²) in [6, 6.07) is 21.6. The van der Waals surface area contributed by atoms with Gasteiger partial charge in [-0.15, -0.1) is 0 Å². The number of aromatic nitrogens is 1. The van der Waals surface area contributed by atoms with Gasteiger partial charge in [0.2, 0.25) is 0 Å². The molecule has 0 saturated carbocycles. The Kier molecular flexibility index (Phi) is 7.09. The summed E-state index contributed by atoms with van der Waals surface area (Å²) in [5, 5.41) is 7.44. The number of para-hydroxylation sites is 1. The third-order valence-electron chi connectivity index (χ3n) is 5.26. The second-order valence-corrected chi connectivity index (χ2v) is 7.92. The highest BCUT2D eigenvalue weighted by molar-refractivity contribution is 6.33. The molecule has 0 atom stereocenters. The average molecular weight is 474 g/mol. The van der Waals surface area contributed by atoms with Crippen LogP contribution in [0.3, 0.4) is 0 Å². The lowest BCUT2D eigenvalue weighted by atomic mass is 10.0. The third-order valence-corrected chi connectivity index (χ3v) is 5.59. The lowest BCUT2D eigenvalue weighted by Gasteiger charge is -2.15. The number of amides is 1. The maximum atomic E-state index is 13.5. The molecule has 3 aromatic carbocycles. The number of nitrogens with zero attached hydrogens (tertiary/aromatic N) is 1. The molecule has 4 aromatic rings. The van der Waals surface area contributed by atoms with Crippen molar-refractivity contribution in [2.75, 3.05) is 23.8 Å². The summed E-state index contributed by atoms with van der Waals surface area (Å²) in [5.74, 6) is -0.775. The number of carbonyl (C=O) groups excluding carboxylic acids is 2. The molecular weight excluding hydrogens is 450 g/mol. The maximum Gasteiger partial charge on any atom is 0.338 e. The van der Waals surface area contributed by atoms with Crippen molar-refractivity contribution in [2.45, 2.75) is 13.8 Å². The molecule has 0 fully saturated rings. The Morgan fingerprint density at radius 2 is 1.71 bits per heavy atom. The number of halogens is 1. The number of benzene rings is 3. The van der Waals surface area contributed by atoms with E-state index in [0.717, 1.165) is 5.56 Å². The summed E-state index contributed by atoms with van der Waals surface area (Å²) in [6.07, 6.45) is 0. The van der Waals surface area contributed by atoms with E-state index < -0.39 is 5.97 Å². The summed E-state index contributed by atoms with van der Waals surface area (Å²) >= 11 is 6.41. The normalized spacial score (nSPS) is 10.7. The van der Waals surface area contributed by atoms with E-state index in [9.17, 15) is 9.59 Å². The number of esters is 1. The fraction of sp³-hybridized carbons (Fsp3) is 0.148. The van der Waals surface area contributed by atoms with Gasteiger partial charge in [0.25, 0.3) is 5.91 Å². The summed E-state index contributed by atoms with van der Waals surface area (Å²) in [4.78, 5) is 30.5. The number of pyridine rings is 1. The molecule has 0 aliphatic carbocycles. The Hall–Kier alpha value is -3.90. The maximum absolute atomic E-state index is 13.5. The topological polar surface area (TPSA) is 80.3 Å². The van der Waals surface area contributed by atoms with Gasteiger partial charge in [-0.1, -0.05) is 48.0 Å². The molecule has 0 bridgehead atoms. The summed E-state index contributed by atoms with van der Waals surface area (Å²) in [5.41, 5.74) is 4.01. The SMILES string of the molecule is CCNc1ccc(C(=O)OCC)cc1NC(=O)c1cc(-c2ccccc2Cl)nc2ccccc12. The van der Waals surface area contributed by atoms with Gasteiger partial charge >= 0.3 is 5.97 Å². The molecule has 0 aliphatic heterocycles. The second kappa shape index (κ2) is 10.4. The lowest BCUT2D eigenvalue weighted by Crippen LogP contribution is -2.16. The number of ether oxygens (including phenoxy) is 1. The molecule has 172 valence electrons. The first-order chi connectivity index (χ1) is 16.5. The molecule has 34 heavy (non-hydrogen) atoms. The number of carbonyl (C=O) groups is 2. The number of hydrogen-bond donors (Lipinski definition) is 2. The van der Waals surface area contributed by atoms with Crippen LogP contribution in [0.2, 0.25) is 5.02 Å². The monoisotopic (exact) mass is 473 g/mol. The van der Waals surface area contributed by atoms with Crippen LogP contribution in [0.15, 0.2) is 72.8 Å². The predicted octanol–water partition coefficient (Wildman–Crippen LogP) is 6.42. The van der Waals surface area contributed by atoms with Crippen molar-refractivity contribution >= 4 is 45.8 Å². The summed E-state index contributed by atoms with van der Waals surface area (Å²) in [7, 11) is 0. The van der Waals surface area contributed by atoms with E-state index in [-0.39, 0.29) is 12.5 Å². The first-order valence-corrected chi connectivity index (χ1v) is 11.4. The highest BCUT2D eigenvalue weighted by Crippen LogP contribution is 2.31. The van der Waals surface area contributed by atoms with Crippen LogP contribution in [0.25, 0.3) is 22.2 Å². The van der Waals surface area contributed by atoms with Crippen molar-refractivity contribution in [3.63, 3.8) is 0 Å². The van der Waals surface area contributed by atoms with Crippen molar-refractivity contribution in [3.05, 3.63) is 88.9 Å². The Balaban J connectivity index is 1.78. The zero-order chi connectivity index (χ0) is 24.1. The van der Waals surface area contributed by atoms with Gasteiger partial charge in [-0.05, 0) is 50.2 Å². The van der Waals surface area contributed by atoms with Gasteiger partial charge in [0.15, 0.2) is 0 Å². The van der Waals surface area contributed by atoms with Crippen LogP contribution >= 0.6 is 11.6 Å². The minimum Gasteiger partial charge on any atom is -0.462 e. The van der Waals surface area contributed by atoms with E-state index in [1.807, 2.05) is 49.4 Å². The van der Waals surface area contributed by atoms with E-state index in [4.69, 9.17) is 21.3 Å². The fourth-order valence-corrected chi connectivity index (χ4v) is 3.93. The Labute approximate surface area is 202 Å². The molecule has 2 N–H and O–H groups in total. The molecule has 1 aromatic heterocycles. The van der Waals surface area contributed by atoms with Gasteiger partial charge in [0.05, 0.1) is 40.3 Å². The van der Waals surface area contributed by atoms with Crippen LogP contribution < -0.4 is 10.6 Å². The molecule has 0 radical (unpaired) electrons. The molecule has 0 saturated heterocycles. The Bertz CT molecular complexity index is 1370. The van der Waals surface area contributed by atoms with Crippen LogP contribution in [0.4, 0.5) is 11.4 Å². The highest BCUT2D eigenvalue weighted by Gasteiger charge is 2.18. The van der Waals surface area contributed by atoms with Crippen LogP contribution in [-0.2, 0) is 4.74 Å². The Morgan fingerprint density at radius 3 is 2.47 bits per heavy atom. The third kappa shape index (κ3) is 4.87. The van der Waals surface area contributed by atoms with Gasteiger partial charge in [-0.3, -0.25) is 4.79 Å². The predicted molar refractivity (Wildman–Crippen MR) is 137 cm³/mol. The van der Waals surface area contributed by atoms with Gasteiger partial charge in [-0.2, -0.15) is 0 Å². The van der Waals surface area contributed by atoms with Crippen molar-refractivity contribution in [2.24, 2.45) is 0 Å². The van der Waals surface area contributed by atoms with E-state index in [1.165, 1.54) is 0 Å². The van der Waals surface area contributed by atoms with E-state index in [2.05, 4.69) is 10.6 Å². The standard InChI is InChI=1S/C27H24ClN3O3/c1-3-29-23-14-13-17(27(33)34-4-2)15-25(23)31-26(32)20-16-24(19-10-5-7-11-21(19)28)30-22-12-8-6-9-18(20)22/h5-16,29H,3-4H2,1-2H3,(H,31,32). The largest absolute Gasteiger partial charge is 0.462 e. The zero-order valence-corrected chi connectivity index (χ0v) is 19.6. The quantitative estimate of drug-likeness (QED) is 0.303.